The van der Waals surface area contributed by atoms with Crippen molar-refractivity contribution in [2.75, 3.05) is 7.11 Å². The molecule has 18 heavy (non-hydrogen) atoms. The zero-order chi connectivity index (χ0) is 13.9. The van der Waals surface area contributed by atoms with Crippen LogP contribution in [0.4, 0.5) is 5.69 Å². The normalized spacial score (nSPS) is 10.1. The van der Waals surface area contributed by atoms with Crippen LogP contribution >= 0.6 is 0 Å². The highest BCUT2D eigenvalue weighted by molar-refractivity contribution is 5.68. The van der Waals surface area contributed by atoms with Crippen LogP contribution in [-0.4, -0.2) is 27.1 Å². The quantitative estimate of drug-likeness (QED) is 0.389. The van der Waals surface area contributed by atoms with E-state index < -0.39 is 27.8 Å². The smallest absolute Gasteiger partial charge is 0.350 e. The number of esters is 1. The van der Waals surface area contributed by atoms with Gasteiger partial charge in [-0.1, -0.05) is 0 Å². The topological polar surface area (TPSA) is 113 Å². The molecule has 9 nitrogen and oxygen atoms in total. The summed E-state index contributed by atoms with van der Waals surface area (Å²) in [6.45, 7) is -0.264. The molecular formula is C9H11N3O6. The number of rotatable bonds is 4. The lowest BCUT2D eigenvalue weighted by molar-refractivity contribution is -0.387. The van der Waals surface area contributed by atoms with Crippen LogP contribution in [0.25, 0.3) is 0 Å². The van der Waals surface area contributed by atoms with Crippen LogP contribution in [0.1, 0.15) is 6.42 Å². The lowest BCUT2D eigenvalue weighted by Crippen LogP contribution is -2.40. The Morgan fingerprint density at radius 2 is 2.11 bits per heavy atom. The predicted molar refractivity (Wildman–Crippen MR) is 59.2 cm³/mol. The number of nitro groups is 1. The van der Waals surface area contributed by atoms with E-state index in [9.17, 15) is 24.5 Å². The van der Waals surface area contributed by atoms with Gasteiger partial charge in [0.1, 0.15) is 0 Å². The number of carbonyl (C=O) groups excluding carboxylic acids is 1. The van der Waals surface area contributed by atoms with Gasteiger partial charge < -0.3 is 4.74 Å². The monoisotopic (exact) mass is 257 g/mol. The van der Waals surface area contributed by atoms with Crippen molar-refractivity contribution in [2.24, 2.45) is 7.05 Å². The molecule has 0 radical (unpaired) electrons. The molecule has 0 aliphatic carbocycles. The zero-order valence-electron chi connectivity index (χ0n) is 9.78. The molecule has 0 unspecified atom stereocenters. The van der Waals surface area contributed by atoms with Gasteiger partial charge in [-0.3, -0.25) is 28.8 Å². The number of nitrogens with zero attached hydrogens (tertiary/aromatic N) is 3. The van der Waals surface area contributed by atoms with Crippen molar-refractivity contribution in [3.63, 3.8) is 0 Å². The van der Waals surface area contributed by atoms with Crippen molar-refractivity contribution in [1.82, 2.24) is 9.13 Å². The second kappa shape index (κ2) is 5.25. The molecule has 0 atom stereocenters. The summed E-state index contributed by atoms with van der Waals surface area (Å²) < 4.78 is 5.91. The van der Waals surface area contributed by atoms with E-state index in [1.807, 2.05) is 0 Å². The average molecular weight is 257 g/mol. The lowest BCUT2D eigenvalue weighted by Gasteiger charge is -2.05. The van der Waals surface area contributed by atoms with Crippen molar-refractivity contribution in [3.05, 3.63) is 37.1 Å². The SMILES string of the molecule is COC(=O)CCn1c(=O)c([N+](=O)[O-])cn(C)c1=O. The van der Waals surface area contributed by atoms with Gasteiger partial charge in [0.2, 0.25) is 0 Å². The first kappa shape index (κ1) is 13.6. The number of aromatic nitrogens is 2. The summed E-state index contributed by atoms with van der Waals surface area (Å²) in [5.74, 6) is -0.615. The third-order valence-electron chi connectivity index (χ3n) is 2.28. The Morgan fingerprint density at radius 3 is 2.61 bits per heavy atom. The highest BCUT2D eigenvalue weighted by Gasteiger charge is 2.19. The fraction of sp³-hybridized carbons (Fsp3) is 0.444. The van der Waals surface area contributed by atoms with Gasteiger partial charge in [-0.05, 0) is 0 Å². The predicted octanol–water partition coefficient (Wildman–Crippen LogP) is -0.982. The van der Waals surface area contributed by atoms with Crippen LogP contribution in [0.3, 0.4) is 0 Å². The van der Waals surface area contributed by atoms with Gasteiger partial charge in [0.05, 0.1) is 24.7 Å². The fourth-order valence-corrected chi connectivity index (χ4v) is 1.34. The summed E-state index contributed by atoms with van der Waals surface area (Å²) in [5, 5.41) is 10.6. The van der Waals surface area contributed by atoms with E-state index in [0.29, 0.717) is 4.57 Å². The molecule has 1 heterocycles. The van der Waals surface area contributed by atoms with Gasteiger partial charge in [0, 0.05) is 13.6 Å². The molecule has 0 spiro atoms. The average Bonchev–Trinajstić information content (AvgIpc) is 2.32. The molecule has 0 saturated carbocycles. The summed E-state index contributed by atoms with van der Waals surface area (Å²) in [7, 11) is 2.44. The maximum atomic E-state index is 11.6. The van der Waals surface area contributed by atoms with E-state index in [0.717, 1.165) is 17.9 Å². The number of ether oxygens (including phenoxy) is 1. The van der Waals surface area contributed by atoms with E-state index in [1.165, 1.54) is 7.05 Å². The van der Waals surface area contributed by atoms with Gasteiger partial charge in [0.25, 0.3) is 0 Å². The molecular weight excluding hydrogens is 246 g/mol. The van der Waals surface area contributed by atoms with E-state index in [1.54, 1.807) is 0 Å². The number of aryl methyl sites for hydroxylation is 1. The minimum Gasteiger partial charge on any atom is -0.469 e. The summed E-state index contributed by atoms with van der Waals surface area (Å²) in [4.78, 5) is 43.9. The third-order valence-corrected chi connectivity index (χ3v) is 2.28. The van der Waals surface area contributed by atoms with Crippen LogP contribution in [0, 0.1) is 10.1 Å². The van der Waals surface area contributed by atoms with Crippen LogP contribution in [-0.2, 0) is 23.1 Å². The first-order chi connectivity index (χ1) is 8.38. The Labute approximate surface area is 100 Å². The van der Waals surface area contributed by atoms with Crippen LogP contribution in [0.2, 0.25) is 0 Å². The molecule has 0 N–H and O–H groups in total. The second-order valence-electron chi connectivity index (χ2n) is 3.45. The first-order valence-corrected chi connectivity index (χ1v) is 4.90. The molecule has 0 aromatic carbocycles. The van der Waals surface area contributed by atoms with Gasteiger partial charge in [0.15, 0.2) is 0 Å². The first-order valence-electron chi connectivity index (χ1n) is 4.90. The molecule has 1 aromatic heterocycles. The number of hydrogen-bond donors (Lipinski definition) is 0. The molecule has 0 saturated heterocycles. The largest absolute Gasteiger partial charge is 0.469 e. The summed E-state index contributed by atoms with van der Waals surface area (Å²) in [6.07, 6.45) is 0.631. The third kappa shape index (κ3) is 2.62. The van der Waals surface area contributed by atoms with E-state index in [2.05, 4.69) is 4.74 Å². The molecule has 0 aliphatic heterocycles. The highest BCUT2D eigenvalue weighted by Crippen LogP contribution is 1.99. The second-order valence-corrected chi connectivity index (χ2v) is 3.45. The Balaban J connectivity index is 3.26. The summed E-state index contributed by atoms with van der Waals surface area (Å²) >= 11 is 0. The van der Waals surface area contributed by atoms with E-state index >= 15 is 0 Å². The van der Waals surface area contributed by atoms with Crippen molar-refractivity contribution in [1.29, 1.82) is 0 Å². The zero-order valence-corrected chi connectivity index (χ0v) is 9.78. The fourth-order valence-electron chi connectivity index (χ4n) is 1.34. The number of hydrogen-bond acceptors (Lipinski definition) is 6. The lowest BCUT2D eigenvalue weighted by atomic mass is 10.4. The van der Waals surface area contributed by atoms with Crippen LogP contribution in [0.15, 0.2) is 15.8 Å². The molecule has 1 aromatic rings. The molecule has 98 valence electrons. The van der Waals surface area contributed by atoms with Crippen molar-refractivity contribution in [2.45, 2.75) is 13.0 Å². The van der Waals surface area contributed by atoms with Crippen LogP contribution < -0.4 is 11.2 Å². The molecule has 0 aliphatic rings. The molecule has 9 heteroatoms. The minimum atomic E-state index is -1.04. The maximum absolute atomic E-state index is 11.6. The Bertz CT molecular complexity index is 599. The molecule has 0 amide bonds. The van der Waals surface area contributed by atoms with Gasteiger partial charge >= 0.3 is 22.9 Å². The van der Waals surface area contributed by atoms with Gasteiger partial charge in [-0.25, -0.2) is 4.79 Å². The van der Waals surface area contributed by atoms with E-state index in [4.69, 9.17) is 0 Å². The molecule has 1 rings (SSSR count). The number of methoxy groups -OCH3 is 1. The van der Waals surface area contributed by atoms with Crippen molar-refractivity contribution in [3.8, 4) is 0 Å². The van der Waals surface area contributed by atoms with Crippen molar-refractivity contribution < 1.29 is 14.5 Å². The van der Waals surface area contributed by atoms with Gasteiger partial charge in [-0.15, -0.1) is 0 Å². The van der Waals surface area contributed by atoms with E-state index in [-0.39, 0.29) is 13.0 Å². The Kier molecular flexibility index (Phi) is 3.97. The standard InChI is InChI=1S/C9H11N3O6/c1-10-5-6(12(16)17)8(14)11(9(10)15)4-3-7(13)18-2/h5H,3-4H2,1-2H3. The minimum absolute atomic E-state index is 0.215. The summed E-state index contributed by atoms with van der Waals surface area (Å²) in [6, 6.07) is 0. The molecule has 0 fully saturated rings. The van der Waals surface area contributed by atoms with Gasteiger partial charge in [-0.2, -0.15) is 0 Å². The maximum Gasteiger partial charge on any atom is 0.350 e. The number of carbonyl (C=O) groups is 1. The van der Waals surface area contributed by atoms with Crippen molar-refractivity contribution >= 4 is 11.7 Å². The Hall–Kier alpha value is -2.45. The Morgan fingerprint density at radius 1 is 1.50 bits per heavy atom. The summed E-state index contributed by atoms with van der Waals surface area (Å²) in [5.41, 5.74) is -2.48. The van der Waals surface area contributed by atoms with Crippen LogP contribution in [0.5, 0.6) is 0 Å². The molecule has 0 bridgehead atoms. The highest BCUT2D eigenvalue weighted by atomic mass is 16.6.